The second kappa shape index (κ2) is 9.06. The molecule has 1 N–H and O–H groups in total. The SMILES string of the molecule is COC(=O)c1ccc(CN2C(=O)N/C(=C\c3cc(Br)cc([N+](=O)[O-])c3OC(C)(C)C)C2=O)o1. The predicted octanol–water partition coefficient (Wildman–Crippen LogP) is 4.01. The number of nitro groups is 1. The summed E-state index contributed by atoms with van der Waals surface area (Å²) in [4.78, 5) is 48.7. The van der Waals surface area contributed by atoms with Crippen LogP contribution in [0.25, 0.3) is 6.08 Å². The van der Waals surface area contributed by atoms with Crippen LogP contribution in [-0.2, 0) is 16.1 Å². The van der Waals surface area contributed by atoms with E-state index in [0.29, 0.717) is 4.47 Å². The number of nitrogens with zero attached hydrogens (tertiary/aromatic N) is 2. The van der Waals surface area contributed by atoms with E-state index in [-0.39, 0.29) is 40.8 Å². The number of carbonyl (C=O) groups is 3. The number of ether oxygens (including phenoxy) is 2. The first-order valence-electron chi connectivity index (χ1n) is 9.58. The summed E-state index contributed by atoms with van der Waals surface area (Å²) in [7, 11) is 1.20. The number of nitro benzene ring substituents is 1. The van der Waals surface area contributed by atoms with Crippen molar-refractivity contribution in [1.29, 1.82) is 0 Å². The van der Waals surface area contributed by atoms with Crippen molar-refractivity contribution in [3.8, 4) is 5.75 Å². The molecule has 2 heterocycles. The van der Waals surface area contributed by atoms with Gasteiger partial charge in [0.2, 0.25) is 11.5 Å². The van der Waals surface area contributed by atoms with E-state index in [1.165, 1.54) is 31.4 Å². The Bertz CT molecular complexity index is 1180. The summed E-state index contributed by atoms with van der Waals surface area (Å²) in [5, 5.41) is 14.0. The van der Waals surface area contributed by atoms with Crippen LogP contribution < -0.4 is 10.1 Å². The summed E-state index contributed by atoms with van der Waals surface area (Å²) in [6, 6.07) is 4.93. The monoisotopic (exact) mass is 521 g/mol. The maximum absolute atomic E-state index is 12.9. The number of esters is 1. The first-order valence-corrected chi connectivity index (χ1v) is 10.4. The first-order chi connectivity index (χ1) is 15.4. The molecule has 0 aliphatic carbocycles. The Balaban J connectivity index is 1.95. The quantitative estimate of drug-likeness (QED) is 0.197. The molecule has 1 fully saturated rings. The molecule has 0 radical (unpaired) electrons. The largest absolute Gasteiger partial charge is 0.481 e. The predicted molar refractivity (Wildman–Crippen MR) is 118 cm³/mol. The number of halogens is 1. The van der Waals surface area contributed by atoms with Gasteiger partial charge >= 0.3 is 17.7 Å². The first kappa shape index (κ1) is 24.0. The van der Waals surface area contributed by atoms with Gasteiger partial charge in [0.15, 0.2) is 0 Å². The maximum Gasteiger partial charge on any atom is 0.373 e. The third-order valence-electron chi connectivity index (χ3n) is 4.29. The molecule has 11 nitrogen and oxygen atoms in total. The average molecular weight is 522 g/mol. The Morgan fingerprint density at radius 1 is 1.30 bits per heavy atom. The summed E-state index contributed by atoms with van der Waals surface area (Å²) in [5.41, 5.74) is -0.948. The van der Waals surface area contributed by atoms with Crippen LogP contribution in [-0.4, -0.2) is 40.4 Å². The van der Waals surface area contributed by atoms with Crippen molar-refractivity contribution in [3.05, 3.63) is 61.6 Å². The molecule has 1 saturated heterocycles. The van der Waals surface area contributed by atoms with Gasteiger partial charge in [0.05, 0.1) is 18.6 Å². The Hall–Kier alpha value is -3.67. The van der Waals surface area contributed by atoms with Crippen LogP contribution in [0.2, 0.25) is 0 Å². The molecular formula is C21H20BrN3O8. The third-order valence-corrected chi connectivity index (χ3v) is 4.75. The maximum atomic E-state index is 12.9. The van der Waals surface area contributed by atoms with Gasteiger partial charge in [-0.15, -0.1) is 0 Å². The number of hydrogen-bond donors (Lipinski definition) is 1. The van der Waals surface area contributed by atoms with Crippen molar-refractivity contribution in [2.75, 3.05) is 7.11 Å². The van der Waals surface area contributed by atoms with Gasteiger partial charge in [-0.3, -0.25) is 19.8 Å². The highest BCUT2D eigenvalue weighted by atomic mass is 79.9. The second-order valence-electron chi connectivity index (χ2n) is 7.95. The van der Waals surface area contributed by atoms with Crippen LogP contribution in [0.3, 0.4) is 0 Å². The van der Waals surface area contributed by atoms with Gasteiger partial charge in [-0.05, 0) is 45.0 Å². The smallest absolute Gasteiger partial charge is 0.373 e. The van der Waals surface area contributed by atoms with Crippen LogP contribution in [0, 0.1) is 10.1 Å². The fraction of sp³-hybridized carbons (Fsp3) is 0.286. The molecule has 33 heavy (non-hydrogen) atoms. The number of carbonyl (C=O) groups excluding carboxylic acids is 3. The lowest BCUT2D eigenvalue weighted by molar-refractivity contribution is -0.386. The molecule has 0 bridgehead atoms. The molecule has 0 spiro atoms. The fourth-order valence-corrected chi connectivity index (χ4v) is 3.42. The molecule has 12 heteroatoms. The minimum absolute atomic E-state index is 0.0440. The van der Waals surface area contributed by atoms with Crippen molar-refractivity contribution in [3.63, 3.8) is 0 Å². The van der Waals surface area contributed by atoms with E-state index in [9.17, 15) is 24.5 Å². The average Bonchev–Trinajstić information content (AvgIpc) is 3.28. The summed E-state index contributed by atoms with van der Waals surface area (Å²) in [5.74, 6) is -1.30. The van der Waals surface area contributed by atoms with E-state index in [2.05, 4.69) is 26.0 Å². The number of nitrogens with one attached hydrogen (secondary N) is 1. The molecule has 3 amide bonds. The number of benzene rings is 1. The van der Waals surface area contributed by atoms with E-state index in [1.807, 2.05) is 0 Å². The number of urea groups is 1. The second-order valence-corrected chi connectivity index (χ2v) is 8.87. The summed E-state index contributed by atoms with van der Waals surface area (Å²) in [6.07, 6.45) is 1.31. The molecule has 1 aliphatic heterocycles. The van der Waals surface area contributed by atoms with E-state index in [0.717, 1.165) is 4.90 Å². The minimum atomic E-state index is -0.766. The molecule has 1 aromatic carbocycles. The van der Waals surface area contributed by atoms with E-state index >= 15 is 0 Å². The van der Waals surface area contributed by atoms with E-state index < -0.39 is 28.4 Å². The number of rotatable bonds is 6. The fourth-order valence-electron chi connectivity index (χ4n) is 2.96. The van der Waals surface area contributed by atoms with E-state index in [4.69, 9.17) is 9.15 Å². The molecule has 0 atom stereocenters. The van der Waals surface area contributed by atoms with Crippen LogP contribution in [0.4, 0.5) is 10.5 Å². The van der Waals surface area contributed by atoms with Gasteiger partial charge in [-0.25, -0.2) is 9.59 Å². The molecule has 0 saturated carbocycles. The minimum Gasteiger partial charge on any atom is -0.481 e. The highest BCUT2D eigenvalue weighted by Crippen LogP contribution is 2.38. The number of imide groups is 1. The number of hydrogen-bond acceptors (Lipinski definition) is 8. The highest BCUT2D eigenvalue weighted by Gasteiger charge is 2.35. The van der Waals surface area contributed by atoms with Gasteiger partial charge in [0.1, 0.15) is 17.1 Å². The Morgan fingerprint density at radius 3 is 2.61 bits per heavy atom. The highest BCUT2D eigenvalue weighted by molar-refractivity contribution is 9.10. The number of amides is 3. The summed E-state index contributed by atoms with van der Waals surface area (Å²) < 4.78 is 16.1. The Labute approximate surface area is 196 Å². The molecule has 174 valence electrons. The standard InChI is InChI=1S/C21H20BrN3O8/c1-21(2,3)33-17-11(7-12(22)9-15(17)25(29)30)8-14-18(26)24(20(28)23-14)10-13-5-6-16(32-13)19(27)31-4/h5-9H,10H2,1-4H3,(H,23,28)/b14-8-. The topological polar surface area (TPSA) is 141 Å². The zero-order valence-electron chi connectivity index (χ0n) is 18.1. The lowest BCUT2D eigenvalue weighted by atomic mass is 10.1. The Morgan fingerprint density at radius 2 is 2.00 bits per heavy atom. The van der Waals surface area contributed by atoms with Crippen molar-refractivity contribution in [1.82, 2.24) is 10.2 Å². The Kier molecular flexibility index (Phi) is 6.58. The van der Waals surface area contributed by atoms with Crippen LogP contribution in [0.1, 0.15) is 42.6 Å². The molecule has 0 unspecified atom stereocenters. The van der Waals surface area contributed by atoms with E-state index in [1.54, 1.807) is 26.8 Å². The third kappa shape index (κ3) is 5.40. The van der Waals surface area contributed by atoms with Gasteiger partial charge in [-0.1, -0.05) is 15.9 Å². The molecule has 1 aromatic heterocycles. The number of furan rings is 1. The summed E-state index contributed by atoms with van der Waals surface area (Å²) >= 11 is 3.23. The molecular weight excluding hydrogens is 502 g/mol. The lowest BCUT2D eigenvalue weighted by Crippen LogP contribution is -2.30. The molecule has 1 aliphatic rings. The van der Waals surface area contributed by atoms with Gasteiger partial charge < -0.3 is 19.2 Å². The van der Waals surface area contributed by atoms with Gasteiger partial charge in [0, 0.05) is 16.1 Å². The van der Waals surface area contributed by atoms with Crippen molar-refractivity contribution in [2.45, 2.75) is 32.9 Å². The van der Waals surface area contributed by atoms with Crippen LogP contribution >= 0.6 is 15.9 Å². The van der Waals surface area contributed by atoms with Gasteiger partial charge in [0.25, 0.3) is 5.91 Å². The molecule has 2 aromatic rings. The lowest BCUT2D eigenvalue weighted by Gasteiger charge is -2.22. The van der Waals surface area contributed by atoms with Crippen LogP contribution in [0.15, 0.2) is 38.9 Å². The van der Waals surface area contributed by atoms with Crippen molar-refractivity contribution < 1.29 is 33.2 Å². The normalized spacial score (nSPS) is 15.1. The summed E-state index contributed by atoms with van der Waals surface area (Å²) in [6.45, 7) is 4.95. The molecule has 3 rings (SSSR count). The zero-order valence-corrected chi connectivity index (χ0v) is 19.7. The number of methoxy groups -OCH3 is 1. The van der Waals surface area contributed by atoms with Gasteiger partial charge in [-0.2, -0.15) is 0 Å². The van der Waals surface area contributed by atoms with Crippen LogP contribution in [0.5, 0.6) is 5.75 Å². The van der Waals surface area contributed by atoms with Crippen molar-refractivity contribution >= 4 is 45.6 Å². The zero-order chi connectivity index (χ0) is 24.5. The van der Waals surface area contributed by atoms with Crippen molar-refractivity contribution in [2.24, 2.45) is 0 Å².